The molecule has 1 aliphatic heterocycles. The van der Waals surface area contributed by atoms with Crippen molar-refractivity contribution < 1.29 is 14.6 Å². The van der Waals surface area contributed by atoms with E-state index in [1.807, 2.05) is 36.4 Å². The fraction of sp³-hybridized carbons (Fsp3) is 0.348. The van der Waals surface area contributed by atoms with Crippen LogP contribution in [0.25, 0.3) is 11.6 Å². The monoisotopic (exact) mass is 365 g/mol. The van der Waals surface area contributed by atoms with Crippen LogP contribution >= 0.6 is 0 Å². The average molecular weight is 365 g/mol. The van der Waals surface area contributed by atoms with Crippen molar-refractivity contribution in [1.29, 1.82) is 0 Å². The van der Waals surface area contributed by atoms with E-state index in [4.69, 9.17) is 4.74 Å². The molecule has 4 nitrogen and oxygen atoms in total. The lowest BCUT2D eigenvalue weighted by atomic mass is 9.98. The number of hydrogen-bond acceptors (Lipinski definition) is 3. The number of carboxylic acid groups (broad SMARTS) is 1. The fourth-order valence-electron chi connectivity index (χ4n) is 3.45. The normalized spacial score (nSPS) is 18.4. The highest BCUT2D eigenvalue weighted by atomic mass is 16.5. The van der Waals surface area contributed by atoms with Crippen molar-refractivity contribution in [1.82, 2.24) is 4.90 Å². The molecule has 1 saturated heterocycles. The number of hydrogen-bond donors (Lipinski definition) is 1. The fourth-order valence-corrected chi connectivity index (χ4v) is 3.45. The van der Waals surface area contributed by atoms with Gasteiger partial charge in [0.05, 0.1) is 19.1 Å². The summed E-state index contributed by atoms with van der Waals surface area (Å²) in [6, 6.07) is 20.5. The van der Waals surface area contributed by atoms with Crippen LogP contribution in [0, 0.1) is 5.92 Å². The largest absolute Gasteiger partial charge is 0.481 e. The molecule has 0 aliphatic carbocycles. The summed E-state index contributed by atoms with van der Waals surface area (Å²) in [5, 5.41) is 9.20. The number of aliphatic carboxylic acids is 1. The quantitative estimate of drug-likeness (QED) is 0.567. The van der Waals surface area contributed by atoms with Gasteiger partial charge in [-0.25, -0.2) is 0 Å². The van der Waals surface area contributed by atoms with Crippen molar-refractivity contribution in [2.45, 2.75) is 12.8 Å². The first-order valence-corrected chi connectivity index (χ1v) is 9.56. The molecular formula is C23H27NO3. The molecule has 0 saturated carbocycles. The summed E-state index contributed by atoms with van der Waals surface area (Å²) in [5.74, 6) is -0.922. The van der Waals surface area contributed by atoms with E-state index in [0.717, 1.165) is 42.6 Å². The number of ether oxygens (including phenoxy) is 1. The van der Waals surface area contributed by atoms with Gasteiger partial charge in [-0.1, -0.05) is 60.7 Å². The smallest absolute Gasteiger partial charge is 0.307 e. The predicted octanol–water partition coefficient (Wildman–Crippen LogP) is 4.04. The molecule has 1 heterocycles. The van der Waals surface area contributed by atoms with Gasteiger partial charge in [0.2, 0.25) is 0 Å². The first-order chi connectivity index (χ1) is 13.2. The second-order valence-corrected chi connectivity index (χ2v) is 6.98. The van der Waals surface area contributed by atoms with Crippen LogP contribution in [0.3, 0.4) is 0 Å². The van der Waals surface area contributed by atoms with E-state index in [1.54, 1.807) is 0 Å². The molecule has 27 heavy (non-hydrogen) atoms. The van der Waals surface area contributed by atoms with E-state index in [-0.39, 0.29) is 5.92 Å². The zero-order valence-electron chi connectivity index (χ0n) is 15.6. The van der Waals surface area contributed by atoms with E-state index in [2.05, 4.69) is 35.2 Å². The maximum absolute atomic E-state index is 11.2. The molecule has 0 spiro atoms. The van der Waals surface area contributed by atoms with Crippen molar-refractivity contribution in [3.05, 3.63) is 71.8 Å². The van der Waals surface area contributed by atoms with Crippen LogP contribution in [0.5, 0.6) is 0 Å². The summed E-state index contributed by atoms with van der Waals surface area (Å²) in [4.78, 5) is 13.4. The van der Waals surface area contributed by atoms with E-state index < -0.39 is 5.97 Å². The molecule has 2 aromatic rings. The topological polar surface area (TPSA) is 49.8 Å². The second kappa shape index (κ2) is 10.0. The summed E-state index contributed by atoms with van der Waals surface area (Å²) < 4.78 is 5.96. The van der Waals surface area contributed by atoms with Gasteiger partial charge in [-0.15, -0.1) is 0 Å². The molecule has 2 aromatic carbocycles. The molecule has 142 valence electrons. The van der Waals surface area contributed by atoms with Crippen LogP contribution in [0.4, 0.5) is 0 Å². The molecule has 4 heteroatoms. The Morgan fingerprint density at radius 3 is 2.52 bits per heavy atom. The molecule has 0 amide bonds. The van der Waals surface area contributed by atoms with Crippen molar-refractivity contribution >= 4 is 17.6 Å². The number of rotatable bonds is 8. The van der Waals surface area contributed by atoms with E-state index >= 15 is 0 Å². The molecule has 3 rings (SSSR count). The first-order valence-electron chi connectivity index (χ1n) is 9.56. The van der Waals surface area contributed by atoms with Gasteiger partial charge < -0.3 is 14.7 Å². The van der Waals surface area contributed by atoms with Crippen LogP contribution in [0.1, 0.15) is 24.0 Å². The van der Waals surface area contributed by atoms with E-state index in [1.165, 1.54) is 0 Å². The van der Waals surface area contributed by atoms with Gasteiger partial charge in [-0.05, 0) is 42.2 Å². The van der Waals surface area contributed by atoms with Gasteiger partial charge in [0.1, 0.15) is 0 Å². The molecule has 1 aliphatic rings. The zero-order chi connectivity index (χ0) is 18.9. The molecule has 1 atom stereocenters. The van der Waals surface area contributed by atoms with Crippen LogP contribution in [0.2, 0.25) is 0 Å². The lowest BCUT2D eigenvalue weighted by Gasteiger charge is -2.30. The van der Waals surface area contributed by atoms with E-state index in [9.17, 15) is 9.90 Å². The Kier molecular flexibility index (Phi) is 7.19. The highest BCUT2D eigenvalue weighted by Gasteiger charge is 2.24. The maximum atomic E-state index is 11.2. The van der Waals surface area contributed by atoms with Crippen LogP contribution < -0.4 is 0 Å². The number of carbonyl (C=O) groups is 1. The first kappa shape index (κ1) is 19.3. The van der Waals surface area contributed by atoms with Crippen molar-refractivity contribution in [2.24, 2.45) is 5.92 Å². The van der Waals surface area contributed by atoms with Gasteiger partial charge in [0.25, 0.3) is 0 Å². The lowest BCUT2D eigenvalue weighted by Crippen LogP contribution is -2.40. The van der Waals surface area contributed by atoms with Gasteiger partial charge in [0, 0.05) is 13.1 Å². The number of piperidine rings is 1. The van der Waals surface area contributed by atoms with Gasteiger partial charge in [0.15, 0.2) is 0 Å². The van der Waals surface area contributed by atoms with Gasteiger partial charge >= 0.3 is 5.97 Å². The van der Waals surface area contributed by atoms with Crippen LogP contribution in [-0.2, 0) is 9.53 Å². The minimum atomic E-state index is -0.683. The highest BCUT2D eigenvalue weighted by Crippen LogP contribution is 2.19. The van der Waals surface area contributed by atoms with Crippen molar-refractivity contribution in [3.8, 4) is 0 Å². The number of carboxylic acids is 1. The Morgan fingerprint density at radius 1 is 1.11 bits per heavy atom. The minimum Gasteiger partial charge on any atom is -0.481 e. The van der Waals surface area contributed by atoms with Crippen molar-refractivity contribution in [2.75, 3.05) is 32.8 Å². The summed E-state index contributed by atoms with van der Waals surface area (Å²) in [6.45, 7) is 3.50. The molecule has 0 aromatic heterocycles. The van der Waals surface area contributed by atoms with E-state index in [0.29, 0.717) is 19.8 Å². The third kappa shape index (κ3) is 6.05. The maximum Gasteiger partial charge on any atom is 0.307 e. The Morgan fingerprint density at radius 2 is 1.81 bits per heavy atom. The third-order valence-electron chi connectivity index (χ3n) is 4.95. The number of benzene rings is 2. The molecule has 1 N–H and O–H groups in total. The zero-order valence-corrected chi connectivity index (χ0v) is 15.6. The average Bonchev–Trinajstić information content (AvgIpc) is 2.72. The second-order valence-electron chi connectivity index (χ2n) is 6.98. The molecule has 0 bridgehead atoms. The van der Waals surface area contributed by atoms with Crippen molar-refractivity contribution in [3.63, 3.8) is 0 Å². The third-order valence-corrected chi connectivity index (χ3v) is 4.95. The van der Waals surface area contributed by atoms with Gasteiger partial charge in [-0.3, -0.25) is 4.79 Å². The molecule has 0 radical (unpaired) electrons. The Bertz CT molecular complexity index is 743. The molecular weight excluding hydrogens is 338 g/mol. The summed E-state index contributed by atoms with van der Waals surface area (Å²) >= 11 is 0. The predicted molar refractivity (Wildman–Crippen MR) is 108 cm³/mol. The minimum absolute atomic E-state index is 0.239. The lowest BCUT2D eigenvalue weighted by molar-refractivity contribution is -0.143. The molecule has 0 unspecified atom stereocenters. The Labute approximate surface area is 161 Å². The standard InChI is InChI=1S/C23H27NO3/c25-23(26)21-12-7-13-24(17-21)14-15-27-18-22(20-10-5-2-6-11-20)16-19-8-3-1-4-9-19/h1-6,8-11,16,21H,7,12-15,17-18H2,(H,25,26)/b22-16-/t21-/m1/s1. The number of likely N-dealkylation sites (tertiary alicyclic amines) is 1. The van der Waals surface area contributed by atoms with Gasteiger partial charge in [-0.2, -0.15) is 0 Å². The SMILES string of the molecule is O=C(O)[C@@H]1CCCN(CCOC/C(=C/c2ccccc2)c2ccccc2)C1. The Hall–Kier alpha value is -2.43. The summed E-state index contributed by atoms with van der Waals surface area (Å²) in [7, 11) is 0. The molecule has 1 fully saturated rings. The number of nitrogens with zero attached hydrogens (tertiary/aromatic N) is 1. The van der Waals surface area contributed by atoms with Crippen LogP contribution in [0.15, 0.2) is 60.7 Å². The van der Waals surface area contributed by atoms with Crippen LogP contribution in [-0.4, -0.2) is 48.8 Å². The summed E-state index contributed by atoms with van der Waals surface area (Å²) in [6.07, 6.45) is 3.89. The summed E-state index contributed by atoms with van der Waals surface area (Å²) in [5.41, 5.74) is 3.45. The Balaban J connectivity index is 1.56. The highest BCUT2D eigenvalue weighted by molar-refractivity contribution is 5.82.